The normalized spacial score (nSPS) is 36.2. The fourth-order valence-corrected chi connectivity index (χ4v) is 25.5. The van der Waals surface area contributed by atoms with E-state index >= 15 is 0 Å². The van der Waals surface area contributed by atoms with Gasteiger partial charge in [-0.1, -0.05) is 218 Å². The number of nitrogens with zero attached hydrogens (tertiary/aromatic N) is 4. The highest BCUT2D eigenvalue weighted by molar-refractivity contribution is 6.26. The Morgan fingerprint density at radius 3 is 0.962 bits per heavy atom. The molecular weight excluding hydrogens is 1310 g/mol. The Morgan fingerprint density at radius 2 is 0.538 bits per heavy atom. The minimum absolute atomic E-state index is 0.0212. The van der Waals surface area contributed by atoms with Crippen LogP contribution in [0.4, 0.5) is 22.7 Å². The van der Waals surface area contributed by atoms with Crippen molar-refractivity contribution < 1.29 is 38.4 Å². The van der Waals surface area contributed by atoms with Gasteiger partial charge in [-0.15, -0.1) is 0 Å². The monoisotopic (exact) mass is 1390 g/mol. The fourth-order valence-electron chi connectivity index (χ4n) is 25.5. The first kappa shape index (κ1) is 64.0. The van der Waals surface area contributed by atoms with Gasteiger partial charge in [0.2, 0.25) is 47.3 Å². The number of rotatable bonds is 8. The third-order valence-electron chi connectivity index (χ3n) is 29.2. The molecule has 12 heteroatoms. The standard InChI is InChI=1S/2C26H23NO2.C21H19NO2.C21H17NO2/c28-25-23-18-13-19(22-16-11-10-15(12-16)21(18)22)24(23)26(29)27(25)20-9-5-4-8-17(20)14-6-2-1-3-7-14;28-25-23-19-13-20(22-17-7-6-16(12-17)21(19)22)24(23)26(29)27(25)18-10-8-15(9-11-18)14-4-2-1-3-5-14;23-20-18-14-10-11-15(12-14)19(18)21(24)22(20)17-9-5-4-8-16(17)13-6-2-1-3-7-13;23-20-18-15-9-10-16(11-15)19(18)21(24)22(20)17-8-4-7-14(12-17)13-5-2-1-3-6-13/h1-11,15-16,18-19,21-24H,12-13H2;1-11,16-17,19-24H,12-13H2;1-9,14-15,18-19H,10-12H2;1-10,12,15-16,18-19H,11H2. The number of amides is 8. The van der Waals surface area contributed by atoms with E-state index in [9.17, 15) is 38.4 Å². The first-order valence-electron chi connectivity index (χ1n) is 39.1. The maximum Gasteiger partial charge on any atom is 0.238 e. The SMILES string of the molecule is O=C1C2C3C=CC(C3)C2C(=O)N1c1cccc(-c2ccccc2)c1.O=C1C2C3CC(C2C(=O)N1c1ccc(-c2ccccc2)cc1)C1C2C=CC(C2)C31.O=C1C2C3CC(C2C(=O)N1c1ccccc1-c1ccccc1)C1C2C=CC(C2)C31.O=C1C2C3CCC(C3)C2C(=O)N1c1ccccc1-c1ccccc1. The van der Waals surface area contributed by atoms with Crippen LogP contribution in [0.15, 0.2) is 255 Å². The molecule has 0 spiro atoms. The molecule has 4 saturated heterocycles. The van der Waals surface area contributed by atoms with E-state index < -0.39 is 0 Å². The molecule has 24 unspecified atom stereocenters. The minimum atomic E-state index is -0.145. The molecule has 13 fully saturated rings. The zero-order valence-electron chi connectivity index (χ0n) is 58.8. The molecule has 8 aromatic rings. The summed E-state index contributed by atoms with van der Waals surface area (Å²) in [7, 11) is 0. The zero-order valence-corrected chi connectivity index (χ0v) is 58.8. The Labute approximate surface area is 617 Å². The molecule has 526 valence electrons. The van der Waals surface area contributed by atoms with Gasteiger partial charge in [0.25, 0.3) is 0 Å². The Morgan fingerprint density at radius 1 is 0.226 bits per heavy atom. The van der Waals surface area contributed by atoms with Crippen LogP contribution in [0.1, 0.15) is 51.4 Å². The third-order valence-corrected chi connectivity index (χ3v) is 29.2. The van der Waals surface area contributed by atoms with E-state index in [0.29, 0.717) is 88.5 Å². The van der Waals surface area contributed by atoms with Crippen LogP contribution in [-0.2, 0) is 38.4 Å². The number of fused-ring (bicyclic) bond motifs is 34. The number of carbonyl (C=O) groups excluding carboxylic acids is 8. The van der Waals surface area contributed by atoms with Gasteiger partial charge in [-0.3, -0.25) is 43.3 Å². The Bertz CT molecular complexity index is 4950. The van der Waals surface area contributed by atoms with Crippen molar-refractivity contribution in [2.75, 3.05) is 19.6 Å². The van der Waals surface area contributed by atoms with E-state index in [1.807, 2.05) is 206 Å². The van der Waals surface area contributed by atoms with Gasteiger partial charge < -0.3 is 0 Å². The van der Waals surface area contributed by atoms with Crippen LogP contribution >= 0.6 is 0 Å². The van der Waals surface area contributed by atoms with Crippen LogP contribution in [0.2, 0.25) is 0 Å². The molecule has 4 aliphatic heterocycles. The summed E-state index contributed by atoms with van der Waals surface area (Å²) in [6.45, 7) is 0. The average molecular weight is 1400 g/mol. The Hall–Kier alpha value is -10.5. The molecule has 4 heterocycles. The molecule has 12 aliphatic carbocycles. The quantitative estimate of drug-likeness (QED) is 0.0829. The van der Waals surface area contributed by atoms with Gasteiger partial charge in [0.1, 0.15) is 0 Å². The van der Waals surface area contributed by atoms with Gasteiger partial charge >= 0.3 is 0 Å². The van der Waals surface area contributed by atoms with E-state index in [4.69, 9.17) is 0 Å². The number of carbonyl (C=O) groups is 8. The smallest absolute Gasteiger partial charge is 0.238 e. The first-order chi connectivity index (χ1) is 51.9. The summed E-state index contributed by atoms with van der Waals surface area (Å²) in [5, 5.41) is 0. The van der Waals surface area contributed by atoms with Crippen molar-refractivity contribution in [3.63, 3.8) is 0 Å². The van der Waals surface area contributed by atoms with Gasteiger partial charge in [-0.05, 0) is 216 Å². The lowest BCUT2D eigenvalue weighted by Gasteiger charge is -2.36. The van der Waals surface area contributed by atoms with Crippen LogP contribution in [0, 0.1) is 142 Å². The van der Waals surface area contributed by atoms with E-state index in [0.717, 1.165) is 100 Å². The van der Waals surface area contributed by atoms with Crippen molar-refractivity contribution in [3.8, 4) is 44.5 Å². The summed E-state index contributed by atoms with van der Waals surface area (Å²) >= 11 is 0. The van der Waals surface area contributed by atoms with Crippen LogP contribution in [-0.4, -0.2) is 47.3 Å². The van der Waals surface area contributed by atoms with Gasteiger partial charge in [-0.25, -0.2) is 14.7 Å². The van der Waals surface area contributed by atoms with E-state index in [2.05, 4.69) is 48.6 Å². The summed E-state index contributed by atoms with van der Waals surface area (Å²) < 4.78 is 0. The number of hydrogen-bond acceptors (Lipinski definition) is 8. The van der Waals surface area contributed by atoms with E-state index in [-0.39, 0.29) is 106 Å². The average Bonchev–Trinajstić information content (AvgIpc) is 1.52. The van der Waals surface area contributed by atoms with Crippen molar-refractivity contribution >= 4 is 70.0 Å². The lowest BCUT2D eigenvalue weighted by molar-refractivity contribution is -0.124. The molecule has 0 aromatic heterocycles. The third kappa shape index (κ3) is 9.42. The van der Waals surface area contributed by atoms with Crippen molar-refractivity contribution in [2.45, 2.75) is 51.4 Å². The lowest BCUT2D eigenvalue weighted by atomic mass is 9.65. The van der Waals surface area contributed by atoms with Gasteiger partial charge in [-0.2, -0.15) is 0 Å². The highest BCUT2D eigenvalue weighted by Gasteiger charge is 2.73. The molecule has 24 atom stereocenters. The van der Waals surface area contributed by atoms with Crippen LogP contribution in [0.5, 0.6) is 0 Å². The second kappa shape index (κ2) is 24.6. The molecule has 9 saturated carbocycles. The largest absolute Gasteiger partial charge is 0.274 e. The Balaban J connectivity index is 0.0000000912. The highest BCUT2D eigenvalue weighted by atomic mass is 16.2. The molecule has 12 bridgehead atoms. The molecule has 8 aromatic carbocycles. The number of allylic oxidation sites excluding steroid dienone is 6. The lowest BCUT2D eigenvalue weighted by Crippen LogP contribution is -2.38. The second-order valence-corrected chi connectivity index (χ2v) is 33.5. The van der Waals surface area contributed by atoms with Gasteiger partial charge in [0.05, 0.1) is 70.1 Å². The predicted molar refractivity (Wildman–Crippen MR) is 406 cm³/mol. The highest BCUT2D eigenvalue weighted by Crippen LogP contribution is 2.72. The molecule has 0 N–H and O–H groups in total. The second-order valence-electron chi connectivity index (χ2n) is 33.5. The maximum atomic E-state index is 13.7. The molecule has 8 amide bonds. The van der Waals surface area contributed by atoms with Crippen molar-refractivity contribution in [1.29, 1.82) is 0 Å². The van der Waals surface area contributed by atoms with Crippen LogP contribution < -0.4 is 19.6 Å². The van der Waals surface area contributed by atoms with Crippen molar-refractivity contribution in [1.82, 2.24) is 0 Å². The van der Waals surface area contributed by atoms with Crippen LogP contribution in [0.3, 0.4) is 0 Å². The Kier molecular flexibility index (Phi) is 14.8. The fraction of sp³-hybridized carbons (Fsp3) is 0.340. The van der Waals surface area contributed by atoms with Gasteiger partial charge in [0.15, 0.2) is 0 Å². The maximum absolute atomic E-state index is 13.7. The topological polar surface area (TPSA) is 150 Å². The molecule has 24 rings (SSSR count). The number of hydrogen-bond donors (Lipinski definition) is 0. The number of para-hydroxylation sites is 2. The molecular formula is C94H82N4O8. The molecule has 12 nitrogen and oxygen atoms in total. The number of anilines is 4. The van der Waals surface area contributed by atoms with Crippen LogP contribution in [0.25, 0.3) is 44.5 Å². The molecule has 16 aliphatic rings. The zero-order chi connectivity index (χ0) is 71.1. The predicted octanol–water partition coefficient (Wildman–Crippen LogP) is 16.6. The summed E-state index contributed by atoms with van der Waals surface area (Å²) in [6.07, 6.45) is 22.8. The van der Waals surface area contributed by atoms with E-state index in [1.54, 1.807) is 4.90 Å². The van der Waals surface area contributed by atoms with E-state index in [1.165, 1.54) is 27.5 Å². The summed E-state index contributed by atoms with van der Waals surface area (Å²) in [5.74, 6) is 7.64. The number of imide groups is 4. The minimum Gasteiger partial charge on any atom is -0.274 e. The molecule has 0 radical (unpaired) electrons. The number of benzene rings is 8. The van der Waals surface area contributed by atoms with Crippen molar-refractivity contribution in [3.05, 3.63) is 255 Å². The van der Waals surface area contributed by atoms with Gasteiger partial charge in [0, 0.05) is 11.1 Å². The summed E-state index contributed by atoms with van der Waals surface area (Å²) in [6, 6.07) is 71.6. The summed E-state index contributed by atoms with van der Waals surface area (Å²) in [5.41, 5.74) is 11.3. The summed E-state index contributed by atoms with van der Waals surface area (Å²) in [4.78, 5) is 112. The van der Waals surface area contributed by atoms with Crippen molar-refractivity contribution in [2.24, 2.45) is 142 Å². The first-order valence-corrected chi connectivity index (χ1v) is 39.1. The molecule has 106 heavy (non-hydrogen) atoms.